The lowest BCUT2D eigenvalue weighted by atomic mass is 9.90. The SMILES string of the molecule is COc1c(F)c(C2(CC(=O)O)CC2)cc(C)c1Cl. The molecule has 0 aromatic heterocycles. The minimum absolute atomic E-state index is 0.00308. The van der Waals surface area contributed by atoms with Crippen molar-refractivity contribution in [3.05, 3.63) is 28.0 Å². The van der Waals surface area contributed by atoms with E-state index in [1.54, 1.807) is 13.0 Å². The smallest absolute Gasteiger partial charge is 0.304 e. The molecule has 0 heterocycles. The van der Waals surface area contributed by atoms with Gasteiger partial charge < -0.3 is 9.84 Å². The van der Waals surface area contributed by atoms with E-state index in [4.69, 9.17) is 21.4 Å². The highest BCUT2D eigenvalue weighted by molar-refractivity contribution is 6.32. The van der Waals surface area contributed by atoms with Crippen molar-refractivity contribution in [2.24, 2.45) is 0 Å². The number of benzene rings is 1. The Bertz CT molecular complexity index is 509. The fraction of sp³-hybridized carbons (Fsp3) is 0.462. The molecule has 1 aromatic rings. The topological polar surface area (TPSA) is 46.5 Å². The number of carbonyl (C=O) groups is 1. The molecule has 1 aliphatic carbocycles. The number of hydrogen-bond donors (Lipinski definition) is 1. The van der Waals surface area contributed by atoms with E-state index >= 15 is 0 Å². The molecule has 2 rings (SSSR count). The Balaban J connectivity index is 2.52. The summed E-state index contributed by atoms with van der Waals surface area (Å²) in [7, 11) is 1.35. The summed E-state index contributed by atoms with van der Waals surface area (Å²) in [4.78, 5) is 10.9. The lowest BCUT2D eigenvalue weighted by Crippen LogP contribution is -2.15. The van der Waals surface area contributed by atoms with Crippen molar-refractivity contribution < 1.29 is 19.0 Å². The van der Waals surface area contributed by atoms with Crippen LogP contribution in [-0.4, -0.2) is 18.2 Å². The number of methoxy groups -OCH3 is 1. The van der Waals surface area contributed by atoms with Crippen LogP contribution in [0.5, 0.6) is 5.75 Å². The average molecular weight is 273 g/mol. The lowest BCUT2D eigenvalue weighted by Gasteiger charge is -2.18. The summed E-state index contributed by atoms with van der Waals surface area (Å²) in [5.74, 6) is -1.45. The largest absolute Gasteiger partial charge is 0.492 e. The Morgan fingerprint density at radius 2 is 2.22 bits per heavy atom. The van der Waals surface area contributed by atoms with Crippen LogP contribution in [0, 0.1) is 12.7 Å². The first-order valence-electron chi connectivity index (χ1n) is 5.66. The average Bonchev–Trinajstić information content (AvgIpc) is 3.04. The number of halogens is 2. The van der Waals surface area contributed by atoms with E-state index in [-0.39, 0.29) is 17.2 Å². The number of rotatable bonds is 4. The summed E-state index contributed by atoms with van der Waals surface area (Å²) >= 11 is 5.97. The standard InChI is InChI=1S/C13H14ClFO3/c1-7-5-8(11(15)12(18-2)10(7)14)13(3-4-13)6-9(16)17/h5H,3-4,6H2,1-2H3,(H,16,17). The molecule has 18 heavy (non-hydrogen) atoms. The first-order valence-corrected chi connectivity index (χ1v) is 6.04. The number of hydrogen-bond acceptors (Lipinski definition) is 2. The van der Waals surface area contributed by atoms with Gasteiger partial charge in [-0.2, -0.15) is 0 Å². The molecule has 0 unspecified atom stereocenters. The fourth-order valence-electron chi connectivity index (χ4n) is 2.29. The molecule has 0 saturated heterocycles. The van der Waals surface area contributed by atoms with E-state index in [2.05, 4.69) is 0 Å². The van der Waals surface area contributed by atoms with Gasteiger partial charge in [0.2, 0.25) is 0 Å². The maximum absolute atomic E-state index is 14.3. The van der Waals surface area contributed by atoms with Crippen molar-refractivity contribution in [3.8, 4) is 5.75 Å². The summed E-state index contributed by atoms with van der Waals surface area (Å²) < 4.78 is 19.3. The molecule has 1 aromatic carbocycles. The molecule has 5 heteroatoms. The van der Waals surface area contributed by atoms with Gasteiger partial charge in [0.1, 0.15) is 0 Å². The van der Waals surface area contributed by atoms with Crippen LogP contribution >= 0.6 is 11.6 Å². The maximum atomic E-state index is 14.3. The van der Waals surface area contributed by atoms with E-state index in [0.29, 0.717) is 24.0 Å². The summed E-state index contributed by atoms with van der Waals surface area (Å²) in [6, 6.07) is 1.64. The zero-order valence-corrected chi connectivity index (χ0v) is 11.0. The van der Waals surface area contributed by atoms with Crippen molar-refractivity contribution in [2.75, 3.05) is 7.11 Å². The second-order valence-electron chi connectivity index (χ2n) is 4.75. The van der Waals surface area contributed by atoms with Gasteiger partial charge in [0.05, 0.1) is 18.6 Å². The lowest BCUT2D eigenvalue weighted by molar-refractivity contribution is -0.137. The van der Waals surface area contributed by atoms with Gasteiger partial charge in [-0.25, -0.2) is 4.39 Å². The van der Waals surface area contributed by atoms with Crippen LogP contribution in [0.4, 0.5) is 4.39 Å². The molecular formula is C13H14ClFO3. The molecule has 0 aliphatic heterocycles. The van der Waals surface area contributed by atoms with Crippen LogP contribution in [0.15, 0.2) is 6.07 Å². The van der Waals surface area contributed by atoms with Crippen LogP contribution in [0.2, 0.25) is 5.02 Å². The second kappa shape index (κ2) is 4.43. The monoisotopic (exact) mass is 272 g/mol. The highest BCUT2D eigenvalue weighted by Gasteiger charge is 2.48. The molecule has 1 saturated carbocycles. The first-order chi connectivity index (χ1) is 8.41. The zero-order chi connectivity index (χ0) is 13.5. The Morgan fingerprint density at radius 3 is 2.67 bits per heavy atom. The van der Waals surface area contributed by atoms with E-state index < -0.39 is 17.2 Å². The number of aryl methyl sites for hydroxylation is 1. The molecule has 0 amide bonds. The molecular weight excluding hydrogens is 259 g/mol. The van der Waals surface area contributed by atoms with Gasteiger partial charge >= 0.3 is 5.97 Å². The quantitative estimate of drug-likeness (QED) is 0.915. The highest BCUT2D eigenvalue weighted by atomic mass is 35.5. The zero-order valence-electron chi connectivity index (χ0n) is 10.2. The first kappa shape index (κ1) is 13.1. The van der Waals surface area contributed by atoms with Gasteiger partial charge in [0.15, 0.2) is 11.6 Å². The Labute approximate surface area is 110 Å². The molecule has 1 fully saturated rings. The normalized spacial score (nSPS) is 16.4. The van der Waals surface area contributed by atoms with Gasteiger partial charge in [0, 0.05) is 5.41 Å². The van der Waals surface area contributed by atoms with Crippen LogP contribution in [0.25, 0.3) is 0 Å². The molecule has 1 N–H and O–H groups in total. The Kier molecular flexibility index (Phi) is 3.23. The van der Waals surface area contributed by atoms with Crippen LogP contribution < -0.4 is 4.74 Å². The summed E-state index contributed by atoms with van der Waals surface area (Å²) in [5, 5.41) is 9.15. The summed E-state index contributed by atoms with van der Waals surface area (Å²) in [6.07, 6.45) is 1.30. The van der Waals surface area contributed by atoms with E-state index in [1.807, 2.05) is 0 Å². The molecule has 1 aliphatic rings. The minimum atomic E-state index is -0.918. The molecule has 0 atom stereocenters. The number of carboxylic acid groups (broad SMARTS) is 1. The van der Waals surface area contributed by atoms with Crippen LogP contribution in [-0.2, 0) is 10.2 Å². The maximum Gasteiger partial charge on any atom is 0.304 e. The van der Waals surface area contributed by atoms with Crippen molar-refractivity contribution in [1.29, 1.82) is 0 Å². The van der Waals surface area contributed by atoms with Gasteiger partial charge in [-0.05, 0) is 30.9 Å². The second-order valence-corrected chi connectivity index (χ2v) is 5.13. The van der Waals surface area contributed by atoms with Gasteiger partial charge in [0.25, 0.3) is 0 Å². The van der Waals surface area contributed by atoms with Crippen molar-refractivity contribution in [2.45, 2.75) is 31.6 Å². The third kappa shape index (κ3) is 2.05. The van der Waals surface area contributed by atoms with Gasteiger partial charge in [-0.3, -0.25) is 4.79 Å². The third-order valence-corrected chi connectivity index (χ3v) is 3.93. The summed E-state index contributed by atoms with van der Waals surface area (Å²) in [6.45, 7) is 1.75. The molecule has 0 bridgehead atoms. The van der Waals surface area contributed by atoms with Crippen molar-refractivity contribution in [1.82, 2.24) is 0 Å². The third-order valence-electron chi connectivity index (χ3n) is 3.46. The van der Waals surface area contributed by atoms with Crippen molar-refractivity contribution in [3.63, 3.8) is 0 Å². The van der Waals surface area contributed by atoms with Gasteiger partial charge in [-0.15, -0.1) is 0 Å². The number of aliphatic carboxylic acids is 1. The molecule has 0 spiro atoms. The number of carboxylic acids is 1. The fourth-order valence-corrected chi connectivity index (χ4v) is 2.50. The van der Waals surface area contributed by atoms with E-state index in [0.717, 1.165) is 0 Å². The predicted molar refractivity (Wildman–Crippen MR) is 65.9 cm³/mol. The highest BCUT2D eigenvalue weighted by Crippen LogP contribution is 2.53. The van der Waals surface area contributed by atoms with Crippen LogP contribution in [0.3, 0.4) is 0 Å². The predicted octanol–water partition coefficient (Wildman–Crippen LogP) is 3.30. The van der Waals surface area contributed by atoms with Crippen LogP contribution in [0.1, 0.15) is 30.4 Å². The Hall–Kier alpha value is -1.29. The Morgan fingerprint density at radius 1 is 1.61 bits per heavy atom. The molecule has 98 valence electrons. The van der Waals surface area contributed by atoms with E-state index in [1.165, 1.54) is 7.11 Å². The molecule has 3 nitrogen and oxygen atoms in total. The number of ether oxygens (including phenoxy) is 1. The minimum Gasteiger partial charge on any atom is -0.492 e. The molecule has 0 radical (unpaired) electrons. The summed E-state index contributed by atoms with van der Waals surface area (Å²) in [5.41, 5.74) is 0.517. The van der Waals surface area contributed by atoms with Crippen molar-refractivity contribution >= 4 is 17.6 Å². The van der Waals surface area contributed by atoms with Gasteiger partial charge in [-0.1, -0.05) is 17.7 Å². The van der Waals surface area contributed by atoms with E-state index in [9.17, 15) is 9.18 Å².